The molecule has 0 aromatic heterocycles. The molecule has 1 aliphatic carbocycles. The molecule has 2 N–H and O–H groups in total. The number of fused-ring (bicyclic) bond motifs is 1. The summed E-state index contributed by atoms with van der Waals surface area (Å²) in [6, 6.07) is 14.0. The van der Waals surface area contributed by atoms with Gasteiger partial charge >= 0.3 is 6.03 Å². The van der Waals surface area contributed by atoms with Gasteiger partial charge in [0.1, 0.15) is 5.75 Å². The molecule has 2 aromatic rings. The van der Waals surface area contributed by atoms with E-state index in [2.05, 4.69) is 35.8 Å². The SMILES string of the molecule is CCC(NC(=O)NCCCOc1ccccc1Cl)c1ccc2c(c1)CCCC2. The predicted octanol–water partition coefficient (Wildman–Crippen LogP) is 5.44. The Hall–Kier alpha value is -2.20. The highest BCUT2D eigenvalue weighted by Gasteiger charge is 2.16. The Bertz CT molecular complexity index is 794. The van der Waals surface area contributed by atoms with Crippen LogP contribution in [-0.2, 0) is 12.8 Å². The molecule has 0 fully saturated rings. The summed E-state index contributed by atoms with van der Waals surface area (Å²) in [6.45, 7) is 3.16. The first-order valence-electron chi connectivity index (χ1n) is 10.2. The molecule has 28 heavy (non-hydrogen) atoms. The molecule has 0 radical (unpaired) electrons. The van der Waals surface area contributed by atoms with Crippen molar-refractivity contribution < 1.29 is 9.53 Å². The van der Waals surface area contributed by atoms with Crippen molar-refractivity contribution in [3.8, 4) is 5.75 Å². The molecule has 5 heteroatoms. The van der Waals surface area contributed by atoms with Gasteiger partial charge in [0.2, 0.25) is 0 Å². The summed E-state index contributed by atoms with van der Waals surface area (Å²) in [4.78, 5) is 12.3. The van der Waals surface area contributed by atoms with E-state index in [-0.39, 0.29) is 12.1 Å². The summed E-state index contributed by atoms with van der Waals surface area (Å²) in [5, 5.41) is 6.61. The Labute approximate surface area is 172 Å². The molecule has 1 aliphatic rings. The van der Waals surface area contributed by atoms with Crippen LogP contribution in [0.4, 0.5) is 4.79 Å². The molecule has 150 valence electrons. The standard InChI is InChI=1S/C23H29ClN2O2/c1-2-21(19-13-12-17-8-3-4-9-18(17)16-19)26-23(27)25-14-7-15-28-22-11-6-5-10-20(22)24/h5-6,10-13,16,21H,2-4,7-9,14-15H2,1H3,(H2,25,26,27). The molecule has 0 saturated heterocycles. The zero-order valence-corrected chi connectivity index (χ0v) is 17.2. The van der Waals surface area contributed by atoms with Crippen LogP contribution in [0.5, 0.6) is 5.75 Å². The summed E-state index contributed by atoms with van der Waals surface area (Å²) in [5.41, 5.74) is 4.11. The molecule has 2 amide bonds. The number of rotatable bonds is 8. The predicted molar refractivity (Wildman–Crippen MR) is 114 cm³/mol. The zero-order valence-electron chi connectivity index (χ0n) is 16.5. The van der Waals surface area contributed by atoms with Gasteiger partial charge in [-0.1, -0.05) is 48.9 Å². The van der Waals surface area contributed by atoms with Crippen LogP contribution >= 0.6 is 11.6 Å². The monoisotopic (exact) mass is 400 g/mol. The second kappa shape index (κ2) is 10.4. The fourth-order valence-corrected chi connectivity index (χ4v) is 3.81. The molecule has 1 unspecified atom stereocenters. The molecule has 0 aliphatic heterocycles. The highest BCUT2D eigenvalue weighted by atomic mass is 35.5. The lowest BCUT2D eigenvalue weighted by atomic mass is 9.89. The number of amides is 2. The number of hydrogen-bond acceptors (Lipinski definition) is 2. The largest absolute Gasteiger partial charge is 0.492 e. The highest BCUT2D eigenvalue weighted by Crippen LogP contribution is 2.26. The molecule has 0 saturated carbocycles. The van der Waals surface area contributed by atoms with Crippen LogP contribution in [0.15, 0.2) is 42.5 Å². The molecule has 0 bridgehead atoms. The Morgan fingerprint density at radius 3 is 2.71 bits per heavy atom. The van der Waals surface area contributed by atoms with Gasteiger partial charge in [-0.15, -0.1) is 0 Å². The second-order valence-electron chi connectivity index (χ2n) is 7.23. The van der Waals surface area contributed by atoms with Gasteiger partial charge in [0, 0.05) is 6.54 Å². The lowest BCUT2D eigenvalue weighted by molar-refractivity contribution is 0.235. The maximum Gasteiger partial charge on any atom is 0.315 e. The van der Waals surface area contributed by atoms with Crippen molar-refractivity contribution in [3.63, 3.8) is 0 Å². The summed E-state index contributed by atoms with van der Waals surface area (Å²) in [5.74, 6) is 0.673. The Balaban J connectivity index is 1.42. The van der Waals surface area contributed by atoms with Crippen molar-refractivity contribution in [1.82, 2.24) is 10.6 Å². The lowest BCUT2D eigenvalue weighted by Crippen LogP contribution is -2.38. The van der Waals surface area contributed by atoms with Gasteiger partial charge in [-0.25, -0.2) is 4.79 Å². The van der Waals surface area contributed by atoms with E-state index in [0.29, 0.717) is 30.3 Å². The number of nitrogens with one attached hydrogen (secondary N) is 2. The summed E-state index contributed by atoms with van der Waals surface area (Å²) < 4.78 is 5.64. The Morgan fingerprint density at radius 2 is 1.93 bits per heavy atom. The number of para-hydroxylation sites is 1. The molecule has 3 rings (SSSR count). The third-order valence-corrected chi connectivity index (χ3v) is 5.50. The maximum atomic E-state index is 12.3. The number of hydrogen-bond donors (Lipinski definition) is 2. The second-order valence-corrected chi connectivity index (χ2v) is 7.64. The number of ether oxygens (including phenoxy) is 1. The van der Waals surface area contributed by atoms with Crippen LogP contribution in [0.25, 0.3) is 0 Å². The minimum Gasteiger partial charge on any atom is -0.492 e. The maximum absolute atomic E-state index is 12.3. The van der Waals surface area contributed by atoms with Gasteiger partial charge in [0.15, 0.2) is 0 Å². The number of aryl methyl sites for hydroxylation is 2. The summed E-state index contributed by atoms with van der Waals surface area (Å²) >= 11 is 6.06. The number of carbonyl (C=O) groups is 1. The average Bonchev–Trinajstić information content (AvgIpc) is 2.72. The van der Waals surface area contributed by atoms with E-state index < -0.39 is 0 Å². The summed E-state index contributed by atoms with van der Waals surface area (Å²) in [6.07, 6.45) is 6.45. The third-order valence-electron chi connectivity index (χ3n) is 5.19. The Morgan fingerprint density at radius 1 is 1.14 bits per heavy atom. The highest BCUT2D eigenvalue weighted by molar-refractivity contribution is 6.32. The zero-order chi connectivity index (χ0) is 19.8. The van der Waals surface area contributed by atoms with Gasteiger partial charge in [0.25, 0.3) is 0 Å². The van der Waals surface area contributed by atoms with E-state index in [1.165, 1.54) is 36.0 Å². The first-order chi connectivity index (χ1) is 13.7. The van der Waals surface area contributed by atoms with E-state index in [9.17, 15) is 4.79 Å². The fourth-order valence-electron chi connectivity index (χ4n) is 3.62. The van der Waals surface area contributed by atoms with Gasteiger partial charge in [-0.3, -0.25) is 0 Å². The molecular formula is C23H29ClN2O2. The van der Waals surface area contributed by atoms with Crippen molar-refractivity contribution in [1.29, 1.82) is 0 Å². The van der Waals surface area contributed by atoms with Crippen LogP contribution in [0, 0.1) is 0 Å². The van der Waals surface area contributed by atoms with Crippen molar-refractivity contribution in [2.24, 2.45) is 0 Å². The van der Waals surface area contributed by atoms with Crippen molar-refractivity contribution in [3.05, 3.63) is 64.2 Å². The third kappa shape index (κ3) is 5.65. The lowest BCUT2D eigenvalue weighted by Gasteiger charge is -2.22. The molecule has 0 heterocycles. The van der Waals surface area contributed by atoms with E-state index in [0.717, 1.165) is 12.8 Å². The number of halogens is 1. The topological polar surface area (TPSA) is 50.4 Å². The number of carbonyl (C=O) groups excluding carboxylic acids is 1. The number of urea groups is 1. The van der Waals surface area contributed by atoms with Crippen LogP contribution in [0.1, 0.15) is 55.3 Å². The Kier molecular flexibility index (Phi) is 7.61. The van der Waals surface area contributed by atoms with Crippen molar-refractivity contribution in [2.45, 2.75) is 51.5 Å². The molecule has 0 spiro atoms. The van der Waals surface area contributed by atoms with Crippen molar-refractivity contribution >= 4 is 17.6 Å². The van der Waals surface area contributed by atoms with Crippen LogP contribution in [-0.4, -0.2) is 19.2 Å². The fraction of sp³-hybridized carbons (Fsp3) is 0.435. The first-order valence-corrected chi connectivity index (χ1v) is 10.6. The smallest absolute Gasteiger partial charge is 0.315 e. The number of benzene rings is 2. The van der Waals surface area contributed by atoms with Crippen molar-refractivity contribution in [2.75, 3.05) is 13.2 Å². The minimum absolute atomic E-state index is 0.0339. The van der Waals surface area contributed by atoms with Crippen LogP contribution < -0.4 is 15.4 Å². The first kappa shape index (κ1) is 20.5. The van der Waals surface area contributed by atoms with E-state index in [4.69, 9.17) is 16.3 Å². The molecule has 1 atom stereocenters. The summed E-state index contributed by atoms with van der Waals surface area (Å²) in [7, 11) is 0. The van der Waals surface area contributed by atoms with Gasteiger partial charge in [-0.2, -0.15) is 0 Å². The average molecular weight is 401 g/mol. The van der Waals surface area contributed by atoms with Crippen LogP contribution in [0.3, 0.4) is 0 Å². The molecule has 2 aromatic carbocycles. The van der Waals surface area contributed by atoms with Gasteiger partial charge < -0.3 is 15.4 Å². The van der Waals surface area contributed by atoms with Gasteiger partial charge in [0.05, 0.1) is 17.7 Å². The van der Waals surface area contributed by atoms with Crippen LogP contribution in [0.2, 0.25) is 5.02 Å². The molecule has 4 nitrogen and oxygen atoms in total. The molecular weight excluding hydrogens is 372 g/mol. The van der Waals surface area contributed by atoms with E-state index in [1.807, 2.05) is 18.2 Å². The minimum atomic E-state index is -0.137. The normalized spacial score (nSPS) is 14.1. The van der Waals surface area contributed by atoms with E-state index in [1.54, 1.807) is 6.07 Å². The van der Waals surface area contributed by atoms with E-state index >= 15 is 0 Å². The van der Waals surface area contributed by atoms with Gasteiger partial charge in [-0.05, 0) is 67.3 Å². The quantitative estimate of drug-likeness (QED) is 0.580.